The molecule has 1 atom stereocenters. The van der Waals surface area contributed by atoms with Crippen LogP contribution in [0.25, 0.3) is 0 Å². The molecule has 29 heavy (non-hydrogen) atoms. The van der Waals surface area contributed by atoms with Gasteiger partial charge < -0.3 is 19.3 Å². The van der Waals surface area contributed by atoms with Crippen molar-refractivity contribution in [3.63, 3.8) is 0 Å². The summed E-state index contributed by atoms with van der Waals surface area (Å²) in [6.45, 7) is 3.06. The van der Waals surface area contributed by atoms with Crippen LogP contribution in [-0.2, 0) is 17.8 Å². The van der Waals surface area contributed by atoms with E-state index in [2.05, 4.69) is 5.10 Å². The molecule has 0 saturated carbocycles. The molecule has 0 N–H and O–H groups in total. The van der Waals surface area contributed by atoms with E-state index in [9.17, 15) is 9.59 Å². The van der Waals surface area contributed by atoms with Crippen molar-refractivity contribution in [3.8, 4) is 11.5 Å². The summed E-state index contributed by atoms with van der Waals surface area (Å²) in [4.78, 5) is 29.2. The van der Waals surface area contributed by atoms with Gasteiger partial charge in [0.05, 0.1) is 0 Å². The zero-order valence-electron chi connectivity index (χ0n) is 16.2. The van der Waals surface area contributed by atoms with E-state index in [1.165, 1.54) is 0 Å². The van der Waals surface area contributed by atoms with Crippen LogP contribution in [-0.4, -0.2) is 70.3 Å². The van der Waals surface area contributed by atoms with Gasteiger partial charge in [0, 0.05) is 38.4 Å². The van der Waals surface area contributed by atoms with E-state index < -0.39 is 6.10 Å². The topological polar surface area (TPSA) is 76.9 Å². The monoisotopic (exact) mass is 396 g/mol. The third-order valence-electron chi connectivity index (χ3n) is 5.80. The van der Waals surface area contributed by atoms with Gasteiger partial charge in [-0.3, -0.25) is 14.3 Å². The maximum Gasteiger partial charge on any atom is 0.274 e. The number of amides is 2. The van der Waals surface area contributed by atoms with Crippen LogP contribution in [0.2, 0.25) is 0 Å². The molecule has 8 nitrogen and oxygen atoms in total. The Hall–Kier alpha value is -3.03. The number of carbonyl (C=O) groups is 2. The third-order valence-corrected chi connectivity index (χ3v) is 5.80. The normalized spacial score (nSPS) is 20.9. The first kappa shape index (κ1) is 18.0. The number of aryl methyl sites for hydroxylation is 2. The molecule has 0 spiro atoms. The van der Waals surface area contributed by atoms with Gasteiger partial charge >= 0.3 is 0 Å². The van der Waals surface area contributed by atoms with Crippen molar-refractivity contribution in [2.75, 3.05) is 32.8 Å². The van der Waals surface area contributed by atoms with Crippen molar-refractivity contribution in [1.82, 2.24) is 19.6 Å². The van der Waals surface area contributed by atoms with Gasteiger partial charge in [-0.25, -0.2) is 0 Å². The highest BCUT2D eigenvalue weighted by Crippen LogP contribution is 2.31. The molecular formula is C21H24N4O4. The molecule has 1 fully saturated rings. The average molecular weight is 396 g/mol. The van der Waals surface area contributed by atoms with Crippen LogP contribution in [0.4, 0.5) is 0 Å². The molecule has 1 aromatic heterocycles. The molecule has 2 amide bonds. The Labute approximate surface area is 169 Å². The summed E-state index contributed by atoms with van der Waals surface area (Å²) in [6, 6.07) is 9.28. The Bertz CT molecular complexity index is 909. The van der Waals surface area contributed by atoms with Gasteiger partial charge in [0.2, 0.25) is 6.10 Å². The molecular weight excluding hydrogens is 372 g/mol. The number of fused-ring (bicyclic) bond motifs is 2. The molecule has 1 unspecified atom stereocenters. The predicted molar refractivity (Wildman–Crippen MR) is 104 cm³/mol. The van der Waals surface area contributed by atoms with Gasteiger partial charge in [-0.1, -0.05) is 12.1 Å². The Morgan fingerprint density at radius 3 is 2.52 bits per heavy atom. The summed E-state index contributed by atoms with van der Waals surface area (Å²) in [5.41, 5.74) is 1.66. The Balaban J connectivity index is 1.19. The number of hydrogen-bond donors (Lipinski definition) is 0. The number of para-hydroxylation sites is 2. The minimum Gasteiger partial charge on any atom is -0.485 e. The largest absolute Gasteiger partial charge is 0.485 e. The standard InChI is InChI=1S/C21H24N4O4/c26-20(16-13-15-5-3-4-8-25(15)22-16)23-9-11-24(12-10-23)21(27)19-14-28-17-6-1-2-7-18(17)29-19/h1-2,6-7,13,19H,3-5,8-12,14H2. The Morgan fingerprint density at radius 2 is 1.72 bits per heavy atom. The summed E-state index contributed by atoms with van der Waals surface area (Å²) < 4.78 is 13.4. The highest BCUT2D eigenvalue weighted by molar-refractivity contribution is 5.92. The van der Waals surface area contributed by atoms with E-state index in [0.29, 0.717) is 43.4 Å². The molecule has 0 radical (unpaired) electrons. The molecule has 1 saturated heterocycles. The van der Waals surface area contributed by atoms with E-state index in [4.69, 9.17) is 9.47 Å². The lowest BCUT2D eigenvalue weighted by Gasteiger charge is -2.36. The summed E-state index contributed by atoms with van der Waals surface area (Å²) in [5, 5.41) is 4.48. The first-order valence-corrected chi connectivity index (χ1v) is 10.2. The second-order valence-electron chi connectivity index (χ2n) is 7.68. The lowest BCUT2D eigenvalue weighted by atomic mass is 10.1. The van der Waals surface area contributed by atoms with Gasteiger partial charge in [-0.2, -0.15) is 5.10 Å². The maximum atomic E-state index is 12.8. The second kappa shape index (κ2) is 7.42. The Morgan fingerprint density at radius 1 is 0.966 bits per heavy atom. The number of piperazine rings is 1. The Kier molecular flexibility index (Phi) is 4.61. The number of carbonyl (C=O) groups excluding carboxylic acids is 2. The van der Waals surface area contributed by atoms with Crippen molar-refractivity contribution < 1.29 is 19.1 Å². The van der Waals surface area contributed by atoms with Gasteiger partial charge in [-0.05, 0) is 37.5 Å². The highest BCUT2D eigenvalue weighted by atomic mass is 16.6. The van der Waals surface area contributed by atoms with Gasteiger partial charge in [0.15, 0.2) is 17.2 Å². The van der Waals surface area contributed by atoms with Crippen LogP contribution in [0.15, 0.2) is 30.3 Å². The summed E-state index contributed by atoms with van der Waals surface area (Å²) in [7, 11) is 0. The van der Waals surface area contributed by atoms with E-state index >= 15 is 0 Å². The number of nitrogens with zero attached hydrogens (tertiary/aromatic N) is 4. The van der Waals surface area contributed by atoms with E-state index in [-0.39, 0.29) is 18.4 Å². The first-order chi connectivity index (χ1) is 14.2. The van der Waals surface area contributed by atoms with Crippen LogP contribution >= 0.6 is 0 Å². The van der Waals surface area contributed by atoms with Gasteiger partial charge in [0.25, 0.3) is 11.8 Å². The van der Waals surface area contributed by atoms with Crippen molar-refractivity contribution >= 4 is 11.8 Å². The molecule has 3 aliphatic heterocycles. The van der Waals surface area contributed by atoms with Crippen LogP contribution in [0.3, 0.4) is 0 Å². The fourth-order valence-electron chi connectivity index (χ4n) is 4.16. The van der Waals surface area contributed by atoms with Crippen molar-refractivity contribution in [2.45, 2.75) is 31.9 Å². The predicted octanol–water partition coefficient (Wildman–Crippen LogP) is 1.34. The minimum absolute atomic E-state index is 0.0508. The molecule has 0 bridgehead atoms. The lowest BCUT2D eigenvalue weighted by Crippen LogP contribution is -2.55. The number of ether oxygens (including phenoxy) is 2. The molecule has 4 heterocycles. The first-order valence-electron chi connectivity index (χ1n) is 10.2. The van der Waals surface area contributed by atoms with Crippen LogP contribution < -0.4 is 9.47 Å². The van der Waals surface area contributed by atoms with Crippen molar-refractivity contribution in [3.05, 3.63) is 41.7 Å². The number of hydrogen-bond acceptors (Lipinski definition) is 5. The quantitative estimate of drug-likeness (QED) is 0.766. The minimum atomic E-state index is -0.646. The average Bonchev–Trinajstić information content (AvgIpc) is 3.22. The maximum absolute atomic E-state index is 12.8. The van der Waals surface area contributed by atoms with E-state index in [1.54, 1.807) is 15.9 Å². The van der Waals surface area contributed by atoms with Crippen molar-refractivity contribution in [1.29, 1.82) is 0 Å². The van der Waals surface area contributed by atoms with Crippen LogP contribution in [0.5, 0.6) is 11.5 Å². The third kappa shape index (κ3) is 3.43. The van der Waals surface area contributed by atoms with Crippen LogP contribution in [0, 0.1) is 0 Å². The molecule has 0 aliphatic carbocycles. The molecule has 2 aromatic rings. The number of benzene rings is 1. The smallest absolute Gasteiger partial charge is 0.274 e. The fraction of sp³-hybridized carbons (Fsp3) is 0.476. The van der Waals surface area contributed by atoms with Crippen molar-refractivity contribution in [2.24, 2.45) is 0 Å². The van der Waals surface area contributed by atoms with Crippen LogP contribution in [0.1, 0.15) is 29.0 Å². The lowest BCUT2D eigenvalue weighted by molar-refractivity contribution is -0.142. The molecule has 5 rings (SSSR count). The SMILES string of the molecule is O=C(c1cc2n(n1)CCCC2)N1CCN(C(=O)C2COc3ccccc3O2)CC1. The van der Waals surface area contributed by atoms with Gasteiger partial charge in [0.1, 0.15) is 6.61 Å². The zero-order chi connectivity index (χ0) is 19.8. The van der Waals surface area contributed by atoms with Gasteiger partial charge in [-0.15, -0.1) is 0 Å². The summed E-state index contributed by atoms with van der Waals surface area (Å²) >= 11 is 0. The second-order valence-corrected chi connectivity index (χ2v) is 7.68. The molecule has 8 heteroatoms. The number of rotatable bonds is 2. The summed E-state index contributed by atoms with van der Waals surface area (Å²) in [6.07, 6.45) is 2.60. The zero-order valence-corrected chi connectivity index (χ0v) is 16.2. The molecule has 1 aromatic carbocycles. The molecule has 152 valence electrons. The van der Waals surface area contributed by atoms with E-state index in [1.807, 2.05) is 28.9 Å². The molecule has 3 aliphatic rings. The van der Waals surface area contributed by atoms with E-state index in [0.717, 1.165) is 31.5 Å². The number of aromatic nitrogens is 2. The summed E-state index contributed by atoms with van der Waals surface area (Å²) in [5.74, 6) is 1.11. The highest BCUT2D eigenvalue weighted by Gasteiger charge is 2.34. The fourth-order valence-corrected chi connectivity index (χ4v) is 4.16.